The lowest BCUT2D eigenvalue weighted by molar-refractivity contribution is 1.65. The highest BCUT2D eigenvalue weighted by atomic mass is 33.7. The molecule has 0 aliphatic heterocycles. The molecule has 0 heterocycles. The van der Waals surface area contributed by atoms with Crippen LogP contribution in [0.25, 0.3) is 0 Å². The number of nitrogens with two attached hydrogens (primary N) is 2. The topological polar surface area (TPSA) is 52.0 Å². The zero-order valence-electron chi connectivity index (χ0n) is 3.77. The molecule has 0 aromatic heterocycles. The summed E-state index contributed by atoms with van der Waals surface area (Å²) in [7, 11) is 2.66. The van der Waals surface area contributed by atoms with Gasteiger partial charge in [-0.25, -0.2) is 0 Å². The molecule has 7 heteroatoms. The maximum Gasteiger partial charge on any atom is 0.160 e. The average Bonchev–Trinajstić information content (AvgIpc) is 1.65. The van der Waals surface area contributed by atoms with Gasteiger partial charge in [-0.2, -0.15) is 0 Å². The summed E-state index contributed by atoms with van der Waals surface area (Å²) in [6, 6.07) is 0. The summed E-state index contributed by atoms with van der Waals surface area (Å²) in [5.41, 5.74) is 9.24. The summed E-state index contributed by atoms with van der Waals surface area (Å²) < 4.78 is 0. The normalized spacial score (nSPS) is 6.75. The lowest BCUT2D eigenvalue weighted by Crippen LogP contribution is -2.18. The minimum Gasteiger partial charge on any atom is -0.377 e. The second kappa shape index (κ2) is 11.0. The van der Waals surface area contributed by atoms with E-state index < -0.39 is 0 Å². The molecule has 0 saturated carbocycles. The molecule has 0 aliphatic carbocycles. The van der Waals surface area contributed by atoms with Gasteiger partial charge in [0.05, 0.1) is 0 Å². The fourth-order valence-electron chi connectivity index (χ4n) is 0. The zero-order valence-corrected chi connectivity index (χ0v) is 8.01. The standard InChI is InChI=1S/CH4N2S.H2S4/c2-1(3)4;1-3-4-2/h(H4,2,3,4);1-2H. The maximum absolute atomic E-state index is 4.62. The van der Waals surface area contributed by atoms with E-state index in [1.54, 1.807) is 0 Å². The smallest absolute Gasteiger partial charge is 0.160 e. The molecule has 50 valence electrons. The summed E-state index contributed by atoms with van der Waals surface area (Å²) in [6.07, 6.45) is 0. The largest absolute Gasteiger partial charge is 0.377 e. The van der Waals surface area contributed by atoms with Crippen LogP contribution >= 0.6 is 55.2 Å². The van der Waals surface area contributed by atoms with Crippen molar-refractivity contribution in [3.8, 4) is 0 Å². The minimum absolute atomic E-state index is 0.000000000000000222. The van der Waals surface area contributed by atoms with Crippen molar-refractivity contribution >= 4 is 60.3 Å². The van der Waals surface area contributed by atoms with Gasteiger partial charge in [0.25, 0.3) is 0 Å². The van der Waals surface area contributed by atoms with Gasteiger partial charge in [-0.05, 0) is 31.9 Å². The summed E-state index contributed by atoms with van der Waals surface area (Å²) in [4.78, 5) is 0. The van der Waals surface area contributed by atoms with Crippen molar-refractivity contribution in [1.29, 1.82) is 0 Å². The molecular formula is CH6N2S5. The summed E-state index contributed by atoms with van der Waals surface area (Å²) >= 11 is 11.5. The molecule has 0 spiro atoms. The molecular weight excluding hydrogens is 200 g/mol. The molecule has 0 aromatic carbocycles. The van der Waals surface area contributed by atoms with Crippen LogP contribution in [0.2, 0.25) is 0 Å². The van der Waals surface area contributed by atoms with Crippen LogP contribution in [0, 0.1) is 0 Å². The zero-order chi connectivity index (χ0) is 6.99. The first-order chi connectivity index (χ1) is 3.65. The summed E-state index contributed by atoms with van der Waals surface area (Å²) in [5, 5.41) is 0.000000000000000222. The Kier molecular flexibility index (Phi) is 16.2. The van der Waals surface area contributed by atoms with Gasteiger partial charge in [0.1, 0.15) is 0 Å². The van der Waals surface area contributed by atoms with Crippen molar-refractivity contribution in [2.45, 2.75) is 0 Å². The van der Waals surface area contributed by atoms with E-state index in [1.165, 1.54) is 19.7 Å². The summed E-state index contributed by atoms with van der Waals surface area (Å²) in [5.74, 6) is 0. The van der Waals surface area contributed by atoms with Gasteiger partial charge >= 0.3 is 0 Å². The highest BCUT2D eigenvalue weighted by Gasteiger charge is 1.58. The van der Waals surface area contributed by atoms with Crippen LogP contribution in [0.5, 0.6) is 0 Å². The molecule has 0 aromatic rings. The van der Waals surface area contributed by atoms with E-state index in [0.29, 0.717) is 0 Å². The molecule has 0 rings (SSSR count). The Hall–Kier alpha value is 1.09. The fourth-order valence-corrected chi connectivity index (χ4v) is 0. The first-order valence-electron chi connectivity index (χ1n) is 1.31. The monoisotopic (exact) mass is 206 g/mol. The van der Waals surface area contributed by atoms with E-state index in [2.05, 4.69) is 47.0 Å². The fraction of sp³-hybridized carbons (Fsp3) is 0. The van der Waals surface area contributed by atoms with Gasteiger partial charge in [-0.3, -0.25) is 0 Å². The van der Waals surface area contributed by atoms with Crippen LogP contribution < -0.4 is 11.5 Å². The number of hydrogen-bond acceptors (Lipinski definition) is 5. The van der Waals surface area contributed by atoms with Crippen LogP contribution in [0.1, 0.15) is 0 Å². The third-order valence-corrected chi connectivity index (χ3v) is 2.70. The molecule has 4 N–H and O–H groups in total. The molecule has 0 fully saturated rings. The van der Waals surface area contributed by atoms with Gasteiger partial charge < -0.3 is 11.5 Å². The highest BCUT2D eigenvalue weighted by molar-refractivity contribution is 9.21. The predicted molar refractivity (Wildman–Crippen MR) is 54.1 cm³/mol. The van der Waals surface area contributed by atoms with Crippen molar-refractivity contribution in [1.82, 2.24) is 0 Å². The van der Waals surface area contributed by atoms with E-state index in [0.717, 1.165) is 0 Å². The van der Waals surface area contributed by atoms with Crippen molar-refractivity contribution in [3.05, 3.63) is 0 Å². The second-order valence-corrected chi connectivity index (χ2v) is 4.90. The number of thiocarbonyl (C=S) groups is 1. The number of thiol groups is 2. The van der Waals surface area contributed by atoms with E-state index in [-0.39, 0.29) is 5.11 Å². The second-order valence-electron chi connectivity index (χ2n) is 0.551. The average molecular weight is 206 g/mol. The third-order valence-electron chi connectivity index (χ3n) is 0.0333. The first kappa shape index (κ1) is 11.8. The van der Waals surface area contributed by atoms with Gasteiger partial charge in [-0.15, -0.1) is 0 Å². The SMILES string of the molecule is NC(N)=S.SSSS. The van der Waals surface area contributed by atoms with Crippen LogP contribution in [0.4, 0.5) is 0 Å². The number of hydrogen-bond donors (Lipinski definition) is 4. The summed E-state index contributed by atoms with van der Waals surface area (Å²) in [6.45, 7) is 0. The van der Waals surface area contributed by atoms with E-state index in [9.17, 15) is 0 Å². The lowest BCUT2D eigenvalue weighted by atomic mass is 11.3. The quantitative estimate of drug-likeness (QED) is 0.295. The lowest BCUT2D eigenvalue weighted by Gasteiger charge is -1.68. The predicted octanol–water partition coefficient (Wildman–Crippen LogP) is 1.25. The highest BCUT2D eigenvalue weighted by Crippen LogP contribution is 2.27. The van der Waals surface area contributed by atoms with Crippen molar-refractivity contribution < 1.29 is 0 Å². The Morgan fingerprint density at radius 2 is 1.38 bits per heavy atom. The van der Waals surface area contributed by atoms with Gasteiger partial charge in [-0.1, -0.05) is 23.3 Å². The molecule has 0 atom stereocenters. The molecule has 0 bridgehead atoms. The Morgan fingerprint density at radius 3 is 1.38 bits per heavy atom. The Balaban J connectivity index is 0. The van der Waals surface area contributed by atoms with Crippen molar-refractivity contribution in [2.24, 2.45) is 11.5 Å². The Labute approximate surface area is 71.5 Å². The first-order valence-corrected chi connectivity index (χ1v) is 5.98. The van der Waals surface area contributed by atoms with Crippen LogP contribution in [-0.2, 0) is 0 Å². The Morgan fingerprint density at radius 1 is 1.25 bits per heavy atom. The van der Waals surface area contributed by atoms with Gasteiger partial charge in [0, 0.05) is 0 Å². The van der Waals surface area contributed by atoms with E-state index in [4.69, 9.17) is 0 Å². The van der Waals surface area contributed by atoms with E-state index >= 15 is 0 Å². The van der Waals surface area contributed by atoms with Crippen LogP contribution in [0.3, 0.4) is 0 Å². The van der Waals surface area contributed by atoms with Gasteiger partial charge in [0.2, 0.25) is 0 Å². The third kappa shape index (κ3) is 60.2. The Bertz CT molecular complexity index is 48.4. The molecule has 0 radical (unpaired) electrons. The molecule has 0 amide bonds. The minimum atomic E-state index is 0.000000000000000222. The van der Waals surface area contributed by atoms with Crippen molar-refractivity contribution in [2.75, 3.05) is 0 Å². The molecule has 0 saturated heterocycles. The molecule has 8 heavy (non-hydrogen) atoms. The van der Waals surface area contributed by atoms with E-state index in [1.807, 2.05) is 0 Å². The van der Waals surface area contributed by atoms with Crippen molar-refractivity contribution in [3.63, 3.8) is 0 Å². The molecule has 0 aliphatic rings. The molecule has 2 nitrogen and oxygen atoms in total. The van der Waals surface area contributed by atoms with Crippen LogP contribution in [-0.4, -0.2) is 5.11 Å². The van der Waals surface area contributed by atoms with Gasteiger partial charge in [0.15, 0.2) is 5.11 Å². The maximum atomic E-state index is 4.62. The number of rotatable bonds is 1. The van der Waals surface area contributed by atoms with Crippen LogP contribution in [0.15, 0.2) is 0 Å². The molecule has 0 unspecified atom stereocenters.